The average Bonchev–Trinajstić information content (AvgIpc) is 3.83. The van der Waals surface area contributed by atoms with E-state index in [-0.39, 0.29) is 5.41 Å². The van der Waals surface area contributed by atoms with Gasteiger partial charge in [-0.1, -0.05) is 117 Å². The van der Waals surface area contributed by atoms with Gasteiger partial charge >= 0.3 is 0 Å². The zero-order chi connectivity index (χ0) is 35.3. The van der Waals surface area contributed by atoms with Crippen LogP contribution < -0.4 is 0 Å². The number of aromatic nitrogens is 5. The summed E-state index contributed by atoms with van der Waals surface area (Å²) in [6.45, 7) is 4.59. The molecule has 0 fully saturated rings. The van der Waals surface area contributed by atoms with Crippen molar-refractivity contribution in [2.24, 2.45) is 0 Å². The highest BCUT2D eigenvalue weighted by Gasteiger charge is 2.37. The van der Waals surface area contributed by atoms with Crippen molar-refractivity contribution in [1.82, 2.24) is 24.5 Å². The molecule has 4 aromatic heterocycles. The second-order valence-corrected chi connectivity index (χ2v) is 14.3. The Morgan fingerprint density at radius 3 is 2.11 bits per heavy atom. The molecule has 0 aliphatic heterocycles. The van der Waals surface area contributed by atoms with Crippen LogP contribution in [0.1, 0.15) is 25.0 Å². The topological polar surface area (TPSA) is 69.6 Å². The van der Waals surface area contributed by atoms with E-state index >= 15 is 0 Å². The zero-order valence-corrected chi connectivity index (χ0v) is 29.1. The monoisotopic (exact) mass is 681 g/mol. The van der Waals surface area contributed by atoms with Gasteiger partial charge in [0, 0.05) is 50.4 Å². The number of nitrogens with zero attached hydrogens (tertiary/aromatic N) is 5. The van der Waals surface area contributed by atoms with Gasteiger partial charge in [-0.25, -0.2) is 19.9 Å². The lowest BCUT2D eigenvalue weighted by atomic mass is 9.82. The molecule has 10 aromatic rings. The van der Waals surface area contributed by atoms with Gasteiger partial charge in [-0.15, -0.1) is 0 Å². The quantitative estimate of drug-likeness (QED) is 0.185. The third kappa shape index (κ3) is 4.33. The maximum Gasteiger partial charge on any atom is 0.167 e. The molecule has 0 unspecified atom stereocenters. The van der Waals surface area contributed by atoms with Crippen molar-refractivity contribution in [3.63, 3.8) is 0 Å². The fraction of sp³-hybridized carbons (Fsp3) is 0.0638. The fourth-order valence-corrected chi connectivity index (χ4v) is 8.43. The minimum Gasteiger partial charge on any atom is -0.455 e. The molecule has 6 nitrogen and oxygen atoms in total. The molecule has 0 saturated heterocycles. The van der Waals surface area contributed by atoms with Crippen molar-refractivity contribution in [2.75, 3.05) is 0 Å². The summed E-state index contributed by atoms with van der Waals surface area (Å²) in [6, 6.07) is 50.5. The van der Waals surface area contributed by atoms with Crippen LogP contribution >= 0.6 is 0 Å². The van der Waals surface area contributed by atoms with Crippen molar-refractivity contribution in [2.45, 2.75) is 19.3 Å². The van der Waals surface area contributed by atoms with Crippen LogP contribution in [0.3, 0.4) is 0 Å². The van der Waals surface area contributed by atoms with Crippen molar-refractivity contribution in [3.05, 3.63) is 163 Å². The first kappa shape index (κ1) is 29.8. The summed E-state index contributed by atoms with van der Waals surface area (Å²) >= 11 is 0. The second-order valence-electron chi connectivity index (χ2n) is 14.3. The third-order valence-corrected chi connectivity index (χ3v) is 10.9. The number of furan rings is 1. The molecule has 0 radical (unpaired) electrons. The standard InChI is InChI=1S/C47H31N5O/c1-47(2)37-21-8-6-16-34(37)41-35(18-11-22-38(41)47)44-49-43(28-13-4-3-5-14-28)50-45(51-44)36-19-10-17-32-31-25-24-29(27-40(31)53-42(32)36)52-39-23-9-7-15-30(39)33-20-12-26-48-46(33)52/h3-27H,1-2H3. The van der Waals surface area contributed by atoms with Gasteiger partial charge in [0.15, 0.2) is 17.5 Å². The molecule has 250 valence electrons. The molecule has 0 bridgehead atoms. The van der Waals surface area contributed by atoms with Crippen LogP contribution in [0.4, 0.5) is 0 Å². The molecule has 6 heteroatoms. The number of fused-ring (bicyclic) bond motifs is 9. The van der Waals surface area contributed by atoms with E-state index in [0.717, 1.165) is 60.9 Å². The summed E-state index contributed by atoms with van der Waals surface area (Å²) in [7, 11) is 0. The van der Waals surface area contributed by atoms with Gasteiger partial charge in [-0.05, 0) is 58.7 Å². The summed E-state index contributed by atoms with van der Waals surface area (Å²) < 4.78 is 9.01. The molecule has 0 amide bonds. The van der Waals surface area contributed by atoms with E-state index < -0.39 is 0 Å². The van der Waals surface area contributed by atoms with Gasteiger partial charge in [-0.3, -0.25) is 4.57 Å². The van der Waals surface area contributed by atoms with Gasteiger partial charge in [0.1, 0.15) is 16.8 Å². The summed E-state index contributed by atoms with van der Waals surface area (Å²) in [4.78, 5) is 20.3. The van der Waals surface area contributed by atoms with Crippen molar-refractivity contribution in [1.29, 1.82) is 0 Å². The summed E-state index contributed by atoms with van der Waals surface area (Å²) in [5.74, 6) is 1.81. The van der Waals surface area contributed by atoms with E-state index in [1.807, 2.05) is 48.7 Å². The molecule has 1 aliphatic rings. The minimum atomic E-state index is -0.145. The van der Waals surface area contributed by atoms with Crippen molar-refractivity contribution >= 4 is 43.9 Å². The Balaban J connectivity index is 1.13. The highest BCUT2D eigenvalue weighted by atomic mass is 16.3. The summed E-state index contributed by atoms with van der Waals surface area (Å²) in [6.07, 6.45) is 1.85. The van der Waals surface area contributed by atoms with Gasteiger partial charge in [0.25, 0.3) is 0 Å². The predicted molar refractivity (Wildman–Crippen MR) is 213 cm³/mol. The van der Waals surface area contributed by atoms with Crippen LogP contribution in [0, 0.1) is 0 Å². The highest BCUT2D eigenvalue weighted by molar-refractivity contribution is 6.11. The lowest BCUT2D eigenvalue weighted by Crippen LogP contribution is -2.14. The maximum absolute atomic E-state index is 6.81. The minimum absolute atomic E-state index is 0.145. The largest absolute Gasteiger partial charge is 0.455 e. The zero-order valence-electron chi connectivity index (χ0n) is 29.1. The molecule has 53 heavy (non-hydrogen) atoms. The Hall–Kier alpha value is -6.92. The van der Waals surface area contributed by atoms with Crippen molar-refractivity contribution < 1.29 is 4.42 Å². The number of pyridine rings is 1. The lowest BCUT2D eigenvalue weighted by molar-refractivity contribution is 0.660. The van der Waals surface area contributed by atoms with Crippen LogP contribution in [-0.2, 0) is 5.41 Å². The Kier molecular flexibility index (Phi) is 6.20. The molecule has 0 N–H and O–H groups in total. The van der Waals surface area contributed by atoms with E-state index in [1.165, 1.54) is 27.6 Å². The normalized spacial score (nSPS) is 13.2. The number of hydrogen-bond acceptors (Lipinski definition) is 5. The van der Waals surface area contributed by atoms with E-state index in [2.05, 4.69) is 122 Å². The van der Waals surface area contributed by atoms with Crippen LogP contribution in [-0.4, -0.2) is 24.5 Å². The lowest BCUT2D eigenvalue weighted by Gasteiger charge is -2.21. The first-order valence-corrected chi connectivity index (χ1v) is 17.9. The smallest absolute Gasteiger partial charge is 0.167 e. The van der Waals surface area contributed by atoms with E-state index in [4.69, 9.17) is 24.4 Å². The Labute approximate surface area is 305 Å². The van der Waals surface area contributed by atoms with Crippen LogP contribution in [0.2, 0.25) is 0 Å². The molecule has 1 aliphatic carbocycles. The molecule has 0 atom stereocenters. The molecule has 6 aromatic carbocycles. The van der Waals surface area contributed by atoms with Gasteiger partial charge in [-0.2, -0.15) is 0 Å². The third-order valence-electron chi connectivity index (χ3n) is 10.9. The molecule has 4 heterocycles. The molecule has 0 saturated carbocycles. The van der Waals surface area contributed by atoms with Crippen LogP contribution in [0.5, 0.6) is 0 Å². The van der Waals surface area contributed by atoms with E-state index in [9.17, 15) is 0 Å². The number of benzene rings is 6. The van der Waals surface area contributed by atoms with Crippen LogP contribution in [0.15, 0.2) is 156 Å². The van der Waals surface area contributed by atoms with Gasteiger partial charge in [0.05, 0.1) is 16.8 Å². The maximum atomic E-state index is 6.81. The average molecular weight is 682 g/mol. The molecular weight excluding hydrogens is 651 g/mol. The van der Waals surface area contributed by atoms with E-state index in [1.54, 1.807) is 0 Å². The van der Waals surface area contributed by atoms with Crippen LogP contribution in [0.25, 0.3) is 94.9 Å². The molecule has 11 rings (SSSR count). The first-order valence-electron chi connectivity index (χ1n) is 17.9. The summed E-state index contributed by atoms with van der Waals surface area (Å²) in [5, 5.41) is 4.31. The number of rotatable bonds is 4. The predicted octanol–water partition coefficient (Wildman–Crippen LogP) is 11.6. The van der Waals surface area contributed by atoms with Gasteiger partial charge < -0.3 is 4.42 Å². The van der Waals surface area contributed by atoms with Gasteiger partial charge in [0.2, 0.25) is 0 Å². The summed E-state index contributed by atoms with van der Waals surface area (Å²) in [5.41, 5.74) is 12.1. The number of para-hydroxylation sites is 2. The Bertz CT molecular complexity index is 3050. The Morgan fingerprint density at radius 1 is 0.528 bits per heavy atom. The number of hydrogen-bond donors (Lipinski definition) is 0. The molecule has 0 spiro atoms. The van der Waals surface area contributed by atoms with E-state index in [0.29, 0.717) is 17.5 Å². The second kappa shape index (κ2) is 11.0. The Morgan fingerprint density at radius 2 is 1.21 bits per heavy atom. The highest BCUT2D eigenvalue weighted by Crippen LogP contribution is 2.51. The first-order chi connectivity index (χ1) is 26.0. The molecular formula is C47H31N5O. The van der Waals surface area contributed by atoms with Crippen molar-refractivity contribution in [3.8, 4) is 51.0 Å². The fourth-order valence-electron chi connectivity index (χ4n) is 8.43. The SMILES string of the molecule is CC1(C)c2ccccc2-c2c(-c3nc(-c4ccccc4)nc(-c4cccc5c4oc4cc(-n6c7ccccc7c7cccnc76)ccc45)n3)cccc21.